The fraction of sp³-hybridized carbons (Fsp3) is 0.333. The molecule has 8 heteroatoms. The summed E-state index contributed by atoms with van der Waals surface area (Å²) in [5.74, 6) is 1.40. The maximum Gasteiger partial charge on any atom is 0.322 e. The number of carbonyl (C=O) groups excluding carboxylic acids is 1. The molecule has 0 radical (unpaired) electrons. The first kappa shape index (κ1) is 18.1. The van der Waals surface area contributed by atoms with Gasteiger partial charge in [-0.25, -0.2) is 14.8 Å². The van der Waals surface area contributed by atoms with Gasteiger partial charge in [0.15, 0.2) is 5.82 Å². The summed E-state index contributed by atoms with van der Waals surface area (Å²) >= 11 is 1.65. The Labute approximate surface area is 156 Å². The van der Waals surface area contributed by atoms with Gasteiger partial charge in [-0.2, -0.15) is 5.10 Å². The molecule has 0 aliphatic rings. The fourth-order valence-electron chi connectivity index (χ4n) is 2.68. The maximum absolute atomic E-state index is 12.6. The molecule has 0 saturated heterocycles. The molecular formula is C18H22N6OS. The number of aromatic amines is 1. The van der Waals surface area contributed by atoms with Crippen molar-refractivity contribution in [2.75, 3.05) is 12.4 Å². The lowest BCUT2D eigenvalue weighted by molar-refractivity contribution is 0.207. The van der Waals surface area contributed by atoms with Crippen LogP contribution < -0.4 is 5.32 Å². The van der Waals surface area contributed by atoms with Crippen molar-refractivity contribution in [3.05, 3.63) is 45.7 Å². The van der Waals surface area contributed by atoms with Crippen LogP contribution in [0, 0.1) is 20.8 Å². The Balaban J connectivity index is 1.68. The Hall–Kier alpha value is -2.74. The summed E-state index contributed by atoms with van der Waals surface area (Å²) < 4.78 is 0. The lowest BCUT2D eigenvalue weighted by Gasteiger charge is -2.24. The molecule has 0 fully saturated rings. The third kappa shape index (κ3) is 3.75. The van der Waals surface area contributed by atoms with Crippen LogP contribution in [-0.2, 0) is 0 Å². The standard InChI is InChI=1S/C18H22N6OS/c1-10(16-11(2)26-13(4)20-16)24(5)18(25)21-15-8-6-14(7-9-15)17-19-12(3)22-23-17/h6-10H,1-5H3,(H,21,25)(H,19,22,23)/t10-/m1/s1. The van der Waals surface area contributed by atoms with Gasteiger partial charge in [0.05, 0.1) is 16.7 Å². The molecule has 3 rings (SSSR count). The SMILES string of the molecule is Cc1nc(-c2ccc(NC(=O)N(C)[C@H](C)c3nc(C)sc3C)cc2)n[nH]1. The normalized spacial score (nSPS) is 12.0. The van der Waals surface area contributed by atoms with E-state index in [2.05, 4.69) is 25.5 Å². The molecule has 1 atom stereocenters. The number of rotatable bonds is 4. The minimum Gasteiger partial charge on any atom is -0.319 e. The first-order valence-electron chi connectivity index (χ1n) is 8.32. The summed E-state index contributed by atoms with van der Waals surface area (Å²) in [6.45, 7) is 7.85. The number of nitrogens with zero attached hydrogens (tertiary/aromatic N) is 4. The summed E-state index contributed by atoms with van der Waals surface area (Å²) in [6, 6.07) is 7.18. The van der Waals surface area contributed by atoms with E-state index in [0.29, 0.717) is 5.82 Å². The molecular weight excluding hydrogens is 348 g/mol. The molecule has 2 heterocycles. The number of thiazole rings is 1. The summed E-state index contributed by atoms with van der Waals surface area (Å²) in [6.07, 6.45) is 0. The summed E-state index contributed by atoms with van der Waals surface area (Å²) in [5.41, 5.74) is 2.55. The Kier molecular flexibility index (Phi) is 5.03. The number of nitrogens with one attached hydrogen (secondary N) is 2. The number of H-pyrrole nitrogens is 1. The Morgan fingerprint density at radius 3 is 2.42 bits per heavy atom. The van der Waals surface area contributed by atoms with E-state index in [-0.39, 0.29) is 12.1 Å². The van der Waals surface area contributed by atoms with Gasteiger partial charge in [0.1, 0.15) is 5.82 Å². The highest BCUT2D eigenvalue weighted by Gasteiger charge is 2.21. The highest BCUT2D eigenvalue weighted by molar-refractivity contribution is 7.11. The average molecular weight is 370 g/mol. The first-order valence-corrected chi connectivity index (χ1v) is 9.14. The van der Waals surface area contributed by atoms with Crippen molar-refractivity contribution < 1.29 is 4.79 Å². The number of carbonyl (C=O) groups is 1. The molecule has 0 aliphatic carbocycles. The fourth-order valence-corrected chi connectivity index (χ4v) is 3.59. The highest BCUT2D eigenvalue weighted by atomic mass is 32.1. The lowest BCUT2D eigenvalue weighted by Crippen LogP contribution is -2.34. The van der Waals surface area contributed by atoms with Crippen LogP contribution in [0.15, 0.2) is 24.3 Å². The van der Waals surface area contributed by atoms with E-state index >= 15 is 0 Å². The molecule has 3 aromatic rings. The third-order valence-electron chi connectivity index (χ3n) is 4.23. The predicted molar refractivity (Wildman–Crippen MR) is 103 cm³/mol. The number of aryl methyl sites for hydroxylation is 3. The molecule has 0 unspecified atom stereocenters. The van der Waals surface area contributed by atoms with Crippen molar-refractivity contribution >= 4 is 23.1 Å². The van der Waals surface area contributed by atoms with E-state index in [1.54, 1.807) is 23.3 Å². The highest BCUT2D eigenvalue weighted by Crippen LogP contribution is 2.26. The van der Waals surface area contributed by atoms with Crippen LogP contribution in [0.2, 0.25) is 0 Å². The zero-order valence-electron chi connectivity index (χ0n) is 15.5. The van der Waals surface area contributed by atoms with E-state index in [1.165, 1.54) is 0 Å². The van der Waals surface area contributed by atoms with Gasteiger partial charge in [0, 0.05) is 23.2 Å². The van der Waals surface area contributed by atoms with E-state index in [0.717, 1.165) is 32.7 Å². The van der Waals surface area contributed by atoms with Crippen LogP contribution in [0.1, 0.15) is 34.4 Å². The van der Waals surface area contributed by atoms with Crippen LogP contribution in [0.5, 0.6) is 0 Å². The molecule has 7 nitrogen and oxygen atoms in total. The molecule has 2 amide bonds. The molecule has 0 bridgehead atoms. The molecule has 0 spiro atoms. The van der Waals surface area contributed by atoms with E-state index in [4.69, 9.17) is 0 Å². The molecule has 1 aromatic carbocycles. The van der Waals surface area contributed by atoms with E-state index < -0.39 is 0 Å². The largest absolute Gasteiger partial charge is 0.322 e. The zero-order chi connectivity index (χ0) is 18.8. The Morgan fingerprint density at radius 1 is 1.19 bits per heavy atom. The molecule has 0 aliphatic heterocycles. The summed E-state index contributed by atoms with van der Waals surface area (Å²) in [4.78, 5) is 24.2. The van der Waals surface area contributed by atoms with Crippen LogP contribution in [0.25, 0.3) is 11.4 Å². The molecule has 136 valence electrons. The van der Waals surface area contributed by atoms with Crippen LogP contribution >= 0.6 is 11.3 Å². The second-order valence-electron chi connectivity index (χ2n) is 6.21. The van der Waals surface area contributed by atoms with Gasteiger partial charge in [-0.05, 0) is 52.0 Å². The van der Waals surface area contributed by atoms with E-state index in [1.807, 2.05) is 52.0 Å². The van der Waals surface area contributed by atoms with Crippen LogP contribution in [0.4, 0.5) is 10.5 Å². The topological polar surface area (TPSA) is 86.8 Å². The van der Waals surface area contributed by atoms with Crippen molar-refractivity contribution in [3.63, 3.8) is 0 Å². The monoisotopic (exact) mass is 370 g/mol. The van der Waals surface area contributed by atoms with Gasteiger partial charge in [-0.15, -0.1) is 11.3 Å². The van der Waals surface area contributed by atoms with Crippen molar-refractivity contribution in [1.29, 1.82) is 0 Å². The minimum atomic E-state index is -0.177. The van der Waals surface area contributed by atoms with Gasteiger partial charge in [-0.3, -0.25) is 5.10 Å². The average Bonchev–Trinajstić information content (AvgIpc) is 3.19. The first-order chi connectivity index (χ1) is 12.3. The predicted octanol–water partition coefficient (Wildman–Crippen LogP) is 4.08. The van der Waals surface area contributed by atoms with Gasteiger partial charge < -0.3 is 10.2 Å². The number of benzene rings is 1. The number of hydrogen-bond acceptors (Lipinski definition) is 5. The number of hydrogen-bond donors (Lipinski definition) is 2. The Morgan fingerprint density at radius 2 is 1.88 bits per heavy atom. The Bertz CT molecular complexity index is 914. The third-order valence-corrected chi connectivity index (χ3v) is 5.13. The summed E-state index contributed by atoms with van der Waals surface area (Å²) in [7, 11) is 1.78. The van der Waals surface area contributed by atoms with Gasteiger partial charge >= 0.3 is 6.03 Å². The molecule has 26 heavy (non-hydrogen) atoms. The smallest absolute Gasteiger partial charge is 0.319 e. The molecule has 2 aromatic heterocycles. The second kappa shape index (κ2) is 7.25. The van der Waals surface area contributed by atoms with Crippen LogP contribution in [0.3, 0.4) is 0 Å². The summed E-state index contributed by atoms with van der Waals surface area (Å²) in [5, 5.41) is 10.9. The second-order valence-corrected chi connectivity index (χ2v) is 7.62. The number of amides is 2. The number of urea groups is 1. The van der Waals surface area contributed by atoms with Crippen molar-refractivity contribution in [1.82, 2.24) is 25.1 Å². The molecule has 0 saturated carbocycles. The maximum atomic E-state index is 12.6. The van der Waals surface area contributed by atoms with Crippen molar-refractivity contribution in [2.45, 2.75) is 33.7 Å². The van der Waals surface area contributed by atoms with Gasteiger partial charge in [-0.1, -0.05) is 0 Å². The van der Waals surface area contributed by atoms with Crippen LogP contribution in [-0.4, -0.2) is 38.1 Å². The quantitative estimate of drug-likeness (QED) is 0.724. The number of anilines is 1. The van der Waals surface area contributed by atoms with Gasteiger partial charge in [0.25, 0.3) is 0 Å². The molecule has 2 N–H and O–H groups in total. The van der Waals surface area contributed by atoms with E-state index in [9.17, 15) is 4.79 Å². The van der Waals surface area contributed by atoms with Gasteiger partial charge in [0.2, 0.25) is 0 Å². The zero-order valence-corrected chi connectivity index (χ0v) is 16.3. The lowest BCUT2D eigenvalue weighted by atomic mass is 10.2. The van der Waals surface area contributed by atoms with Crippen molar-refractivity contribution in [3.8, 4) is 11.4 Å². The van der Waals surface area contributed by atoms with Crippen molar-refractivity contribution in [2.24, 2.45) is 0 Å². The minimum absolute atomic E-state index is 0.101. The number of aromatic nitrogens is 4.